The Morgan fingerprint density at radius 1 is 0.878 bits per heavy atom. The molecule has 0 N–H and O–H groups in total. The first kappa shape index (κ1) is 30.1. The first-order valence-corrected chi connectivity index (χ1v) is 14.6. The van der Waals surface area contributed by atoms with Gasteiger partial charge in [0.05, 0.1) is 0 Å². The van der Waals surface area contributed by atoms with Crippen LogP contribution in [-0.2, 0) is 17.9 Å². The Morgan fingerprint density at radius 2 is 1.54 bits per heavy atom. The number of carbonyl (C=O) groups excluding carboxylic acids is 1. The number of hydrogen-bond acceptors (Lipinski definition) is 7. The number of rotatable bonds is 9. The fourth-order valence-corrected chi connectivity index (χ4v) is 6.00. The number of aryl methyl sites for hydroxylation is 2. The molecule has 0 saturated carbocycles. The summed E-state index contributed by atoms with van der Waals surface area (Å²) < 4.78 is 0. The van der Waals surface area contributed by atoms with Gasteiger partial charge in [0.15, 0.2) is 5.57 Å². The zero-order valence-corrected chi connectivity index (χ0v) is 25.2. The van der Waals surface area contributed by atoms with E-state index in [2.05, 4.69) is 78.1 Å². The molecule has 0 spiro atoms. The van der Waals surface area contributed by atoms with Crippen LogP contribution in [0.15, 0.2) is 53.9 Å². The molecule has 0 atom stereocenters. The predicted molar refractivity (Wildman–Crippen MR) is 163 cm³/mol. The molecule has 2 saturated heterocycles. The summed E-state index contributed by atoms with van der Waals surface area (Å²) in [7, 11) is 2.16. The van der Waals surface area contributed by atoms with Gasteiger partial charge in [0.1, 0.15) is 18.0 Å². The van der Waals surface area contributed by atoms with Crippen LogP contribution in [-0.4, -0.2) is 84.4 Å². The van der Waals surface area contributed by atoms with Crippen LogP contribution in [0.25, 0.3) is 0 Å². The molecule has 2 aliphatic heterocycles. The maximum atomic E-state index is 13.7. The van der Waals surface area contributed by atoms with Crippen LogP contribution in [0.1, 0.15) is 42.5 Å². The van der Waals surface area contributed by atoms with Crippen molar-refractivity contribution in [3.05, 3.63) is 76.1 Å². The molecule has 0 aliphatic carbocycles. The smallest absolute Gasteiger partial charge is 0.229 e. The normalized spacial score (nSPS) is 16.1. The number of nitriles is 2. The molecule has 216 valence electrons. The maximum Gasteiger partial charge on any atom is 0.229 e. The number of nitrogens with zero attached hydrogens (tertiary/aromatic N) is 7. The lowest BCUT2D eigenvalue weighted by molar-refractivity contribution is -0.119. The minimum atomic E-state index is 0.00446. The zero-order chi connectivity index (χ0) is 29.5. The van der Waals surface area contributed by atoms with Gasteiger partial charge in [-0.2, -0.15) is 10.5 Å². The Morgan fingerprint density at radius 3 is 2.17 bits per heavy atom. The average molecular weight is 554 g/mol. The maximum absolute atomic E-state index is 13.7. The number of allylic oxidation sites excluding steroid dienone is 1. The zero-order valence-electron chi connectivity index (χ0n) is 25.2. The highest BCUT2D eigenvalue weighted by atomic mass is 16.2. The Kier molecular flexibility index (Phi) is 10.0. The second-order valence-electron chi connectivity index (χ2n) is 11.7. The molecule has 41 heavy (non-hydrogen) atoms. The molecule has 8 nitrogen and oxygen atoms in total. The highest BCUT2D eigenvalue weighted by molar-refractivity contribution is 5.94. The van der Waals surface area contributed by atoms with Gasteiger partial charge in [-0.1, -0.05) is 41.5 Å². The van der Waals surface area contributed by atoms with Crippen LogP contribution in [0.3, 0.4) is 0 Å². The van der Waals surface area contributed by atoms with Crippen LogP contribution < -0.4 is 4.90 Å². The minimum Gasteiger partial charge on any atom is -0.354 e. The second kappa shape index (κ2) is 13.7. The second-order valence-corrected chi connectivity index (χ2v) is 11.7. The number of anilines is 1. The topological polar surface area (TPSA) is 80.8 Å². The molecule has 2 fully saturated rings. The molecule has 2 heterocycles. The monoisotopic (exact) mass is 553 g/mol. The summed E-state index contributed by atoms with van der Waals surface area (Å²) in [5.41, 5.74) is 5.75. The molecular formula is C33H43N7O. The lowest BCUT2D eigenvalue weighted by atomic mass is 10.1. The number of carbonyl (C=O) groups is 1. The summed E-state index contributed by atoms with van der Waals surface area (Å²) in [6.45, 7) is 15.8. The molecule has 2 aromatic rings. The van der Waals surface area contributed by atoms with E-state index in [0.29, 0.717) is 38.4 Å². The molecule has 0 aromatic heterocycles. The lowest BCUT2D eigenvalue weighted by Gasteiger charge is -2.33. The van der Waals surface area contributed by atoms with Gasteiger partial charge in [-0.15, -0.1) is 0 Å². The number of benzene rings is 2. The van der Waals surface area contributed by atoms with Crippen LogP contribution in [0.5, 0.6) is 0 Å². The van der Waals surface area contributed by atoms with Gasteiger partial charge < -0.3 is 19.6 Å². The van der Waals surface area contributed by atoms with Crippen molar-refractivity contribution in [2.24, 2.45) is 0 Å². The highest BCUT2D eigenvalue weighted by Crippen LogP contribution is 2.27. The van der Waals surface area contributed by atoms with Crippen molar-refractivity contribution in [3.8, 4) is 12.1 Å². The van der Waals surface area contributed by atoms with Gasteiger partial charge in [-0.05, 0) is 58.0 Å². The third-order valence-corrected chi connectivity index (χ3v) is 7.91. The summed E-state index contributed by atoms with van der Waals surface area (Å²) in [4.78, 5) is 24.5. The average Bonchev–Trinajstić information content (AvgIpc) is 3.31. The summed E-state index contributed by atoms with van der Waals surface area (Å²) in [5.74, 6) is 0.673. The summed E-state index contributed by atoms with van der Waals surface area (Å²) >= 11 is 0. The van der Waals surface area contributed by atoms with Crippen molar-refractivity contribution in [1.29, 1.82) is 10.5 Å². The van der Waals surface area contributed by atoms with E-state index in [9.17, 15) is 15.3 Å². The van der Waals surface area contributed by atoms with Crippen molar-refractivity contribution in [2.45, 2.75) is 53.2 Å². The fraction of sp³-hybridized carbons (Fsp3) is 0.485. The molecule has 0 radical (unpaired) electrons. The van der Waals surface area contributed by atoms with E-state index in [0.717, 1.165) is 44.0 Å². The van der Waals surface area contributed by atoms with Crippen molar-refractivity contribution in [1.82, 2.24) is 19.6 Å². The van der Waals surface area contributed by atoms with Crippen LogP contribution in [0.4, 0.5) is 5.69 Å². The van der Waals surface area contributed by atoms with E-state index >= 15 is 0 Å². The molecular weight excluding hydrogens is 510 g/mol. The van der Waals surface area contributed by atoms with Gasteiger partial charge in [0.25, 0.3) is 0 Å². The van der Waals surface area contributed by atoms with Crippen LogP contribution in [0.2, 0.25) is 0 Å². The first-order valence-electron chi connectivity index (χ1n) is 14.6. The molecule has 8 heteroatoms. The van der Waals surface area contributed by atoms with E-state index in [1.54, 1.807) is 0 Å². The predicted octanol–water partition coefficient (Wildman–Crippen LogP) is 4.26. The van der Waals surface area contributed by atoms with E-state index < -0.39 is 0 Å². The van der Waals surface area contributed by atoms with E-state index in [-0.39, 0.29) is 17.5 Å². The first-order chi connectivity index (χ1) is 19.7. The standard InChI is InChI=1S/C33H43N7O/c1-25(2)40(31-8-6-7-28(20-31)23-37-13-11-36(5)12-14-37)32(41)9-10-38-15-16-39(33(38)30(21-34)22-35)24-29-18-26(3)17-27(4)19-29/h6-8,17-20,25H,9-16,23-24H2,1-5H3. The summed E-state index contributed by atoms with van der Waals surface area (Å²) in [5, 5.41) is 19.5. The van der Waals surface area contributed by atoms with Crippen molar-refractivity contribution >= 4 is 11.6 Å². The molecule has 0 bridgehead atoms. The number of piperazine rings is 1. The van der Waals surface area contributed by atoms with Gasteiger partial charge in [-0.25, -0.2) is 0 Å². The van der Waals surface area contributed by atoms with Crippen molar-refractivity contribution in [2.75, 3.05) is 57.8 Å². The molecule has 2 aliphatic rings. The van der Waals surface area contributed by atoms with E-state index in [1.165, 1.54) is 16.7 Å². The van der Waals surface area contributed by atoms with Crippen molar-refractivity contribution in [3.63, 3.8) is 0 Å². The van der Waals surface area contributed by atoms with Gasteiger partial charge in [-0.3, -0.25) is 9.69 Å². The third kappa shape index (κ3) is 7.67. The van der Waals surface area contributed by atoms with Gasteiger partial charge in [0.2, 0.25) is 5.91 Å². The molecule has 1 amide bonds. The van der Waals surface area contributed by atoms with Crippen molar-refractivity contribution < 1.29 is 4.79 Å². The molecule has 4 rings (SSSR count). The number of amides is 1. The lowest BCUT2D eigenvalue weighted by Crippen LogP contribution is -2.44. The van der Waals surface area contributed by atoms with Gasteiger partial charge in [0, 0.05) is 77.1 Å². The Balaban J connectivity index is 1.46. The Bertz CT molecular complexity index is 1310. The van der Waals surface area contributed by atoms with Crippen LogP contribution in [0, 0.1) is 36.5 Å². The SMILES string of the molecule is Cc1cc(C)cc(CN2CCN(CCC(=O)N(c3cccc(CN4CCN(C)CC4)c3)C(C)C)C2=C(C#N)C#N)c1. The van der Waals surface area contributed by atoms with Crippen LogP contribution >= 0.6 is 0 Å². The fourth-order valence-electron chi connectivity index (χ4n) is 6.00. The number of hydrogen-bond donors (Lipinski definition) is 0. The Hall–Kier alpha value is -3.85. The summed E-state index contributed by atoms with van der Waals surface area (Å²) in [6.07, 6.45) is 0.298. The quantitative estimate of drug-likeness (QED) is 0.429. The van der Waals surface area contributed by atoms with Gasteiger partial charge >= 0.3 is 0 Å². The Labute approximate surface area is 245 Å². The number of likely N-dealkylation sites (N-methyl/N-ethyl adjacent to an activating group) is 1. The molecule has 2 aromatic carbocycles. The third-order valence-electron chi connectivity index (χ3n) is 7.91. The minimum absolute atomic E-state index is 0.00446. The summed E-state index contributed by atoms with van der Waals surface area (Å²) in [6, 6.07) is 19.0. The highest BCUT2D eigenvalue weighted by Gasteiger charge is 2.30. The largest absolute Gasteiger partial charge is 0.354 e. The van der Waals surface area contributed by atoms with E-state index in [4.69, 9.17) is 0 Å². The van der Waals surface area contributed by atoms with E-state index in [1.807, 2.05) is 35.8 Å². The molecule has 0 unspecified atom stereocenters.